The number of fused-ring (bicyclic) bond motifs is 1. The summed E-state index contributed by atoms with van der Waals surface area (Å²) in [4.78, 5) is 12.1. The van der Waals surface area contributed by atoms with Crippen LogP contribution in [0.1, 0.15) is 5.56 Å². The lowest BCUT2D eigenvalue weighted by molar-refractivity contribution is -0.137. The van der Waals surface area contributed by atoms with Crippen LogP contribution in [0.25, 0.3) is 22.2 Å². The molecule has 140 valence electrons. The third-order valence-corrected chi connectivity index (χ3v) is 4.02. The van der Waals surface area contributed by atoms with Crippen molar-refractivity contribution in [3.8, 4) is 28.8 Å². The van der Waals surface area contributed by atoms with Crippen LogP contribution in [0.4, 0.5) is 13.2 Å². The Morgan fingerprint density at radius 3 is 2.36 bits per heavy atom. The number of alkyl halides is 3. The molecule has 2 aromatic heterocycles. The van der Waals surface area contributed by atoms with Gasteiger partial charge in [0.05, 0.1) is 16.8 Å². The van der Waals surface area contributed by atoms with E-state index in [0.717, 1.165) is 17.5 Å². The van der Waals surface area contributed by atoms with Gasteiger partial charge >= 0.3 is 6.18 Å². The summed E-state index contributed by atoms with van der Waals surface area (Å²) in [5.41, 5.74) is 0.754. The van der Waals surface area contributed by atoms with Crippen molar-refractivity contribution in [2.45, 2.75) is 6.18 Å². The molecule has 28 heavy (non-hydrogen) atoms. The Kier molecular flexibility index (Phi) is 4.31. The molecule has 1 N–H and O–H groups in total. The molecule has 0 bridgehead atoms. The average molecular weight is 383 g/mol. The second kappa shape index (κ2) is 6.80. The third kappa shape index (κ3) is 3.71. The van der Waals surface area contributed by atoms with Gasteiger partial charge in [0.25, 0.3) is 0 Å². The Bertz CT molecular complexity index is 1150. The SMILES string of the molecule is Oc1ccc2ccc(Oc3cc(-c4ccc(C(F)(F)F)cc4)ncn3)cc2n1. The maximum absolute atomic E-state index is 12.7. The van der Waals surface area contributed by atoms with Crippen molar-refractivity contribution in [3.05, 3.63) is 72.6 Å². The second-order valence-corrected chi connectivity index (χ2v) is 5.94. The number of hydrogen-bond acceptors (Lipinski definition) is 5. The maximum Gasteiger partial charge on any atom is 0.416 e. The quantitative estimate of drug-likeness (QED) is 0.526. The summed E-state index contributed by atoms with van der Waals surface area (Å²) in [5.74, 6) is 0.573. The minimum Gasteiger partial charge on any atom is -0.493 e. The van der Waals surface area contributed by atoms with E-state index in [1.54, 1.807) is 24.3 Å². The van der Waals surface area contributed by atoms with Gasteiger partial charge in [-0.1, -0.05) is 12.1 Å². The van der Waals surface area contributed by atoms with E-state index in [0.29, 0.717) is 22.5 Å². The average Bonchev–Trinajstić information content (AvgIpc) is 2.67. The molecule has 0 fully saturated rings. The number of hydrogen-bond donors (Lipinski definition) is 1. The largest absolute Gasteiger partial charge is 0.493 e. The minimum absolute atomic E-state index is 0.101. The Hall–Kier alpha value is -3.68. The number of rotatable bonds is 3. The van der Waals surface area contributed by atoms with E-state index < -0.39 is 11.7 Å². The van der Waals surface area contributed by atoms with Gasteiger partial charge in [-0.2, -0.15) is 13.2 Å². The van der Waals surface area contributed by atoms with Gasteiger partial charge in [0, 0.05) is 29.1 Å². The third-order valence-electron chi connectivity index (χ3n) is 4.02. The van der Waals surface area contributed by atoms with E-state index in [4.69, 9.17) is 4.74 Å². The molecule has 8 heteroatoms. The predicted octanol–water partition coefficient (Wildman–Crippen LogP) is 5.21. The Morgan fingerprint density at radius 1 is 0.857 bits per heavy atom. The first-order chi connectivity index (χ1) is 13.4. The van der Waals surface area contributed by atoms with Crippen LogP contribution in [-0.4, -0.2) is 20.1 Å². The lowest BCUT2D eigenvalue weighted by atomic mass is 10.1. The van der Waals surface area contributed by atoms with Gasteiger partial charge in [-0.25, -0.2) is 15.0 Å². The number of aromatic hydroxyl groups is 1. The van der Waals surface area contributed by atoms with Crippen molar-refractivity contribution in [1.82, 2.24) is 15.0 Å². The van der Waals surface area contributed by atoms with Crippen LogP contribution in [0.5, 0.6) is 17.5 Å². The second-order valence-electron chi connectivity index (χ2n) is 5.94. The van der Waals surface area contributed by atoms with Gasteiger partial charge < -0.3 is 9.84 Å². The molecule has 0 aliphatic carbocycles. The van der Waals surface area contributed by atoms with Crippen LogP contribution < -0.4 is 4.74 Å². The van der Waals surface area contributed by atoms with Gasteiger partial charge in [-0.15, -0.1) is 0 Å². The fourth-order valence-electron chi connectivity index (χ4n) is 2.65. The van der Waals surface area contributed by atoms with Crippen LogP contribution in [0.3, 0.4) is 0 Å². The molecule has 2 aromatic carbocycles. The van der Waals surface area contributed by atoms with Crippen LogP contribution in [0.15, 0.2) is 67.0 Å². The molecule has 0 aliphatic heterocycles. The Morgan fingerprint density at radius 2 is 1.61 bits per heavy atom. The number of benzene rings is 2. The summed E-state index contributed by atoms with van der Waals surface area (Å²) in [6, 6.07) is 14.6. The van der Waals surface area contributed by atoms with Crippen LogP contribution in [-0.2, 0) is 6.18 Å². The van der Waals surface area contributed by atoms with Crippen molar-refractivity contribution >= 4 is 10.9 Å². The van der Waals surface area contributed by atoms with Crippen molar-refractivity contribution in [3.63, 3.8) is 0 Å². The summed E-state index contributed by atoms with van der Waals surface area (Å²) in [6.45, 7) is 0. The standard InChI is InChI=1S/C20H12F3N3O2/c21-20(22,23)14-5-1-12(2-6-14)16-10-19(25-11-24-16)28-15-7-3-13-4-8-18(27)26-17(13)9-15/h1-11H,(H,26,27). The molecular weight excluding hydrogens is 371 g/mol. The number of halogens is 3. The maximum atomic E-state index is 12.7. The summed E-state index contributed by atoms with van der Waals surface area (Å²) >= 11 is 0. The molecule has 4 aromatic rings. The molecule has 0 radical (unpaired) electrons. The number of pyridine rings is 1. The van der Waals surface area contributed by atoms with E-state index in [2.05, 4.69) is 15.0 Å². The number of nitrogens with zero attached hydrogens (tertiary/aromatic N) is 3. The molecule has 0 unspecified atom stereocenters. The van der Waals surface area contributed by atoms with Gasteiger partial charge in [0.2, 0.25) is 11.8 Å². The monoisotopic (exact) mass is 383 g/mol. The predicted molar refractivity (Wildman–Crippen MR) is 96.0 cm³/mol. The van der Waals surface area contributed by atoms with Crippen LogP contribution in [0.2, 0.25) is 0 Å². The first-order valence-electron chi connectivity index (χ1n) is 8.16. The molecule has 5 nitrogen and oxygen atoms in total. The fourth-order valence-corrected chi connectivity index (χ4v) is 2.65. The molecule has 2 heterocycles. The zero-order valence-electron chi connectivity index (χ0n) is 14.2. The number of aromatic nitrogens is 3. The normalized spacial score (nSPS) is 11.5. The zero-order chi connectivity index (χ0) is 19.7. The first-order valence-corrected chi connectivity index (χ1v) is 8.16. The summed E-state index contributed by atoms with van der Waals surface area (Å²) in [5, 5.41) is 10.3. The first kappa shape index (κ1) is 17.7. The molecular formula is C20H12F3N3O2. The minimum atomic E-state index is -4.39. The van der Waals surface area contributed by atoms with Gasteiger partial charge in [-0.05, 0) is 30.3 Å². The highest BCUT2D eigenvalue weighted by Crippen LogP contribution is 2.31. The number of ether oxygens (including phenoxy) is 1. The van der Waals surface area contributed by atoms with E-state index >= 15 is 0 Å². The summed E-state index contributed by atoms with van der Waals surface area (Å²) in [7, 11) is 0. The van der Waals surface area contributed by atoms with Crippen molar-refractivity contribution in [2.24, 2.45) is 0 Å². The lowest BCUT2D eigenvalue weighted by Gasteiger charge is -2.09. The summed E-state index contributed by atoms with van der Waals surface area (Å²) < 4.78 is 43.8. The lowest BCUT2D eigenvalue weighted by Crippen LogP contribution is -2.04. The van der Waals surface area contributed by atoms with Gasteiger partial charge in [0.15, 0.2) is 0 Å². The molecule has 0 saturated heterocycles. The highest BCUT2D eigenvalue weighted by molar-refractivity contribution is 5.80. The molecule has 0 amide bonds. The van der Waals surface area contributed by atoms with Crippen molar-refractivity contribution in [1.29, 1.82) is 0 Å². The summed E-state index contributed by atoms with van der Waals surface area (Å²) in [6.07, 6.45) is -3.12. The topological polar surface area (TPSA) is 68.1 Å². The van der Waals surface area contributed by atoms with E-state index in [1.807, 2.05) is 0 Å². The van der Waals surface area contributed by atoms with E-state index in [9.17, 15) is 18.3 Å². The molecule has 0 atom stereocenters. The van der Waals surface area contributed by atoms with Crippen molar-refractivity contribution in [2.75, 3.05) is 0 Å². The highest BCUT2D eigenvalue weighted by atomic mass is 19.4. The van der Waals surface area contributed by atoms with Gasteiger partial charge in [-0.3, -0.25) is 0 Å². The highest BCUT2D eigenvalue weighted by Gasteiger charge is 2.30. The molecule has 4 rings (SSSR count). The van der Waals surface area contributed by atoms with E-state index in [1.165, 1.54) is 30.6 Å². The smallest absolute Gasteiger partial charge is 0.416 e. The van der Waals surface area contributed by atoms with Crippen LogP contribution in [0, 0.1) is 0 Å². The molecule has 0 spiro atoms. The Balaban J connectivity index is 1.60. The fraction of sp³-hybridized carbons (Fsp3) is 0.0500. The van der Waals surface area contributed by atoms with Crippen LogP contribution >= 0.6 is 0 Å². The zero-order valence-corrected chi connectivity index (χ0v) is 14.2. The van der Waals surface area contributed by atoms with Gasteiger partial charge in [0.1, 0.15) is 12.1 Å². The molecule has 0 aliphatic rings. The van der Waals surface area contributed by atoms with E-state index in [-0.39, 0.29) is 11.8 Å². The van der Waals surface area contributed by atoms with Crippen molar-refractivity contribution < 1.29 is 23.0 Å². The Labute approximate surface area is 157 Å². The molecule has 0 saturated carbocycles.